The minimum atomic E-state index is -0.00977. The molecule has 2 aromatic rings. The number of methoxy groups -OCH3 is 1. The molecule has 1 aromatic heterocycles. The molecule has 1 amide bonds. The Balaban J connectivity index is 2.47. The zero-order chi connectivity index (χ0) is 15.6. The highest BCUT2D eigenvalue weighted by Crippen LogP contribution is 2.40. The Morgan fingerprint density at radius 3 is 2.62 bits per heavy atom. The number of hydrogen-bond acceptors (Lipinski definition) is 4. The number of nitrogen functional groups attached to an aromatic ring is 1. The number of carbonyl (C=O) groups excluding carboxylic acids is 1. The van der Waals surface area contributed by atoms with Crippen molar-refractivity contribution in [1.29, 1.82) is 0 Å². The van der Waals surface area contributed by atoms with Gasteiger partial charge < -0.3 is 15.4 Å². The van der Waals surface area contributed by atoms with Gasteiger partial charge in [-0.05, 0) is 25.0 Å². The molecule has 1 aromatic carbocycles. The van der Waals surface area contributed by atoms with Crippen LogP contribution in [0.3, 0.4) is 0 Å². The van der Waals surface area contributed by atoms with E-state index >= 15 is 0 Å². The smallest absolute Gasteiger partial charge is 0.266 e. The number of anilines is 1. The highest BCUT2D eigenvalue weighted by atomic mass is 32.1. The van der Waals surface area contributed by atoms with Crippen LogP contribution in [0.4, 0.5) is 5.69 Å². The molecule has 0 saturated heterocycles. The zero-order valence-electron chi connectivity index (χ0n) is 13.0. The van der Waals surface area contributed by atoms with Gasteiger partial charge in [-0.3, -0.25) is 4.79 Å². The van der Waals surface area contributed by atoms with Crippen molar-refractivity contribution in [2.45, 2.75) is 32.7 Å². The lowest BCUT2D eigenvalue weighted by Crippen LogP contribution is -2.36. The maximum absolute atomic E-state index is 12.7. The Hall–Kier alpha value is -1.75. The monoisotopic (exact) mass is 306 g/mol. The topological polar surface area (TPSA) is 55.6 Å². The van der Waals surface area contributed by atoms with Crippen LogP contribution in [0, 0.1) is 0 Å². The number of fused-ring (bicyclic) bond motifs is 1. The minimum absolute atomic E-state index is 0.00977. The fourth-order valence-corrected chi connectivity index (χ4v) is 3.75. The third kappa shape index (κ3) is 2.70. The first kappa shape index (κ1) is 15.6. The molecule has 2 N–H and O–H groups in total. The van der Waals surface area contributed by atoms with E-state index in [1.54, 1.807) is 12.0 Å². The summed E-state index contributed by atoms with van der Waals surface area (Å²) < 4.78 is 6.33. The Labute approximate surface area is 129 Å². The molecular weight excluding hydrogens is 284 g/mol. The Kier molecular flexibility index (Phi) is 4.73. The number of thiophene rings is 1. The third-order valence-electron chi connectivity index (χ3n) is 3.94. The van der Waals surface area contributed by atoms with Crippen LogP contribution in [-0.4, -0.2) is 31.0 Å². The number of nitrogens with two attached hydrogens (primary N) is 1. The fourth-order valence-electron chi connectivity index (χ4n) is 2.63. The van der Waals surface area contributed by atoms with Crippen molar-refractivity contribution < 1.29 is 9.53 Å². The molecule has 0 fully saturated rings. The minimum Gasteiger partial charge on any atom is -0.496 e. The van der Waals surface area contributed by atoms with Gasteiger partial charge in [0.05, 0.1) is 18.2 Å². The highest BCUT2D eigenvalue weighted by molar-refractivity contribution is 7.21. The summed E-state index contributed by atoms with van der Waals surface area (Å²) >= 11 is 1.43. The molecule has 0 aliphatic carbocycles. The number of benzene rings is 1. The number of ether oxygens (including phenoxy) is 1. The number of amides is 1. The van der Waals surface area contributed by atoms with Gasteiger partial charge in [0.1, 0.15) is 10.6 Å². The number of carbonyl (C=O) groups is 1. The molecule has 2 rings (SSSR count). The van der Waals surface area contributed by atoms with Crippen molar-refractivity contribution in [3.05, 3.63) is 23.1 Å². The summed E-state index contributed by atoms with van der Waals surface area (Å²) in [6.45, 7) is 4.19. The average molecular weight is 306 g/mol. The Morgan fingerprint density at radius 2 is 2.05 bits per heavy atom. The van der Waals surface area contributed by atoms with Gasteiger partial charge in [-0.25, -0.2) is 0 Å². The van der Waals surface area contributed by atoms with Crippen molar-refractivity contribution in [3.63, 3.8) is 0 Å². The fraction of sp³-hybridized carbons (Fsp3) is 0.438. The normalized spacial score (nSPS) is 11.1. The van der Waals surface area contributed by atoms with E-state index in [4.69, 9.17) is 10.5 Å². The maximum atomic E-state index is 12.7. The second-order valence-electron chi connectivity index (χ2n) is 5.06. The largest absolute Gasteiger partial charge is 0.496 e. The summed E-state index contributed by atoms with van der Waals surface area (Å²) in [5.74, 6) is 0.704. The molecular formula is C16H22N2O2S. The van der Waals surface area contributed by atoms with Gasteiger partial charge in [0.15, 0.2) is 0 Å². The number of hydrogen-bond donors (Lipinski definition) is 1. The van der Waals surface area contributed by atoms with Crippen LogP contribution in [0.2, 0.25) is 0 Å². The van der Waals surface area contributed by atoms with E-state index in [0.29, 0.717) is 16.3 Å². The summed E-state index contributed by atoms with van der Waals surface area (Å²) in [6.07, 6.45) is 1.87. The Bertz CT molecular complexity index is 647. The molecule has 4 nitrogen and oxygen atoms in total. The van der Waals surface area contributed by atoms with E-state index in [0.717, 1.165) is 22.9 Å². The number of nitrogens with zero attached hydrogens (tertiary/aromatic N) is 1. The summed E-state index contributed by atoms with van der Waals surface area (Å²) in [7, 11) is 3.46. The predicted octanol–water partition coefficient (Wildman–Crippen LogP) is 3.75. The molecule has 0 bridgehead atoms. The predicted molar refractivity (Wildman–Crippen MR) is 89.3 cm³/mol. The zero-order valence-corrected chi connectivity index (χ0v) is 13.8. The van der Waals surface area contributed by atoms with Gasteiger partial charge in [0.25, 0.3) is 5.91 Å². The van der Waals surface area contributed by atoms with Crippen molar-refractivity contribution in [2.24, 2.45) is 0 Å². The van der Waals surface area contributed by atoms with Gasteiger partial charge in [0, 0.05) is 17.8 Å². The molecule has 0 spiro atoms. The average Bonchev–Trinajstić information content (AvgIpc) is 2.85. The molecule has 0 aliphatic rings. The van der Waals surface area contributed by atoms with Crippen LogP contribution in [0.15, 0.2) is 18.2 Å². The van der Waals surface area contributed by atoms with Crippen LogP contribution >= 0.6 is 11.3 Å². The van der Waals surface area contributed by atoms with E-state index < -0.39 is 0 Å². The molecule has 0 aliphatic heterocycles. The highest BCUT2D eigenvalue weighted by Gasteiger charge is 2.24. The van der Waals surface area contributed by atoms with E-state index in [1.807, 2.05) is 25.2 Å². The van der Waals surface area contributed by atoms with Crippen molar-refractivity contribution in [2.75, 3.05) is 19.9 Å². The van der Waals surface area contributed by atoms with Gasteiger partial charge >= 0.3 is 0 Å². The molecule has 114 valence electrons. The second kappa shape index (κ2) is 6.35. The third-order valence-corrected chi connectivity index (χ3v) is 5.10. The van der Waals surface area contributed by atoms with E-state index in [2.05, 4.69) is 13.8 Å². The van der Waals surface area contributed by atoms with Crippen LogP contribution in [-0.2, 0) is 0 Å². The van der Waals surface area contributed by atoms with Gasteiger partial charge in [-0.2, -0.15) is 0 Å². The van der Waals surface area contributed by atoms with Crippen molar-refractivity contribution in [3.8, 4) is 5.75 Å². The lowest BCUT2D eigenvalue weighted by Gasteiger charge is -2.26. The molecule has 0 unspecified atom stereocenters. The van der Waals surface area contributed by atoms with E-state index in [9.17, 15) is 4.79 Å². The van der Waals surface area contributed by atoms with Crippen molar-refractivity contribution in [1.82, 2.24) is 4.90 Å². The summed E-state index contributed by atoms with van der Waals surface area (Å²) in [6, 6.07) is 5.98. The summed E-state index contributed by atoms with van der Waals surface area (Å²) in [5, 5.41) is 0.839. The molecule has 0 atom stereocenters. The first-order chi connectivity index (χ1) is 10.0. The second-order valence-corrected chi connectivity index (χ2v) is 6.12. The van der Waals surface area contributed by atoms with Gasteiger partial charge in [-0.15, -0.1) is 11.3 Å². The summed E-state index contributed by atoms with van der Waals surface area (Å²) in [4.78, 5) is 15.1. The SMILES string of the molecule is CCC(CC)N(C)C(=O)c1sc2cccc(OC)c2c1N. The first-order valence-corrected chi connectivity index (χ1v) is 7.98. The van der Waals surface area contributed by atoms with Gasteiger partial charge in [-0.1, -0.05) is 19.9 Å². The van der Waals surface area contributed by atoms with Crippen LogP contribution in [0.1, 0.15) is 36.4 Å². The quantitative estimate of drug-likeness (QED) is 0.915. The molecule has 5 heteroatoms. The first-order valence-electron chi connectivity index (χ1n) is 7.17. The lowest BCUT2D eigenvalue weighted by molar-refractivity contribution is 0.0729. The van der Waals surface area contributed by atoms with Crippen LogP contribution in [0.5, 0.6) is 5.75 Å². The molecule has 21 heavy (non-hydrogen) atoms. The standard InChI is InChI=1S/C16H22N2O2S/c1-5-10(6-2)18(3)16(19)15-14(17)13-11(20-4)8-7-9-12(13)21-15/h7-10H,5-6,17H2,1-4H3. The molecule has 0 saturated carbocycles. The maximum Gasteiger partial charge on any atom is 0.266 e. The lowest BCUT2D eigenvalue weighted by atomic mass is 10.1. The molecule has 0 radical (unpaired) electrons. The van der Waals surface area contributed by atoms with Gasteiger partial charge in [0.2, 0.25) is 0 Å². The molecule has 1 heterocycles. The van der Waals surface area contributed by atoms with Crippen LogP contribution < -0.4 is 10.5 Å². The van der Waals surface area contributed by atoms with E-state index in [1.165, 1.54) is 11.3 Å². The van der Waals surface area contributed by atoms with Crippen LogP contribution in [0.25, 0.3) is 10.1 Å². The van der Waals surface area contributed by atoms with Crippen molar-refractivity contribution >= 4 is 33.0 Å². The number of rotatable bonds is 5. The van der Waals surface area contributed by atoms with E-state index in [-0.39, 0.29) is 11.9 Å². The summed E-state index contributed by atoms with van der Waals surface area (Å²) in [5.41, 5.74) is 6.74. The Morgan fingerprint density at radius 1 is 1.38 bits per heavy atom.